The van der Waals surface area contributed by atoms with Gasteiger partial charge >= 0.3 is 0 Å². The molecule has 4 nitrogen and oxygen atoms in total. The summed E-state index contributed by atoms with van der Waals surface area (Å²) in [6.45, 7) is 0. The van der Waals surface area contributed by atoms with Gasteiger partial charge in [0.1, 0.15) is 11.4 Å². The lowest BCUT2D eigenvalue weighted by Crippen LogP contribution is -2.27. The van der Waals surface area contributed by atoms with Gasteiger partial charge < -0.3 is 0 Å². The van der Waals surface area contributed by atoms with Crippen LogP contribution in [-0.4, -0.2) is 25.9 Å². The quantitative estimate of drug-likeness (QED) is 0.473. The minimum atomic E-state index is 0.681. The molecule has 0 N–H and O–H groups in total. The zero-order chi connectivity index (χ0) is 9.14. The van der Waals surface area contributed by atoms with Gasteiger partial charge in [0.15, 0.2) is 7.44 Å². The molecule has 0 amide bonds. The van der Waals surface area contributed by atoms with Gasteiger partial charge in [-0.05, 0) is 58.0 Å². The average Bonchev–Trinajstić information content (AvgIpc) is 2.08. The zero-order valence-corrected chi connectivity index (χ0v) is 11.2. The van der Waals surface area contributed by atoms with E-state index in [1.807, 2.05) is 22.6 Å². The molecule has 0 bridgehead atoms. The van der Waals surface area contributed by atoms with Crippen molar-refractivity contribution in [3.05, 3.63) is 0 Å². The van der Waals surface area contributed by atoms with Gasteiger partial charge in [0.25, 0.3) is 0 Å². The maximum absolute atomic E-state index is 4.04. The third kappa shape index (κ3) is 2.05. The van der Waals surface area contributed by atoms with Crippen LogP contribution in [0.4, 0.5) is 0 Å². The van der Waals surface area contributed by atoms with Crippen molar-refractivity contribution in [1.82, 2.24) is 0 Å². The van der Waals surface area contributed by atoms with Crippen LogP contribution in [0.1, 0.15) is 0 Å². The molecule has 0 aromatic rings. The van der Waals surface area contributed by atoms with Crippen LogP contribution in [0.15, 0.2) is 19.6 Å². The third-order valence-electron chi connectivity index (χ3n) is 1.16. The first kappa shape index (κ1) is 10.6. The van der Waals surface area contributed by atoms with Gasteiger partial charge in [0, 0.05) is 7.05 Å². The fraction of sp³-hybridized carbons (Fsp3) is 0.200. The average molecular weight is 406 g/mol. The zero-order valence-electron chi connectivity index (χ0n) is 5.99. The predicted molar refractivity (Wildman–Crippen MR) is 72.7 cm³/mol. The van der Waals surface area contributed by atoms with Crippen molar-refractivity contribution in [2.24, 2.45) is 19.6 Å². The molecule has 0 aliphatic carbocycles. The first-order valence-electron chi connectivity index (χ1n) is 2.87. The number of nitrogens with zero attached hydrogens (tertiary/aromatic N) is 4. The van der Waals surface area contributed by atoms with Crippen LogP contribution in [0, 0.1) is 0 Å². The van der Waals surface area contributed by atoms with Crippen molar-refractivity contribution in [3.8, 4) is 0 Å². The second-order valence-corrected chi connectivity index (χ2v) is 4.05. The third-order valence-corrected chi connectivity index (χ3v) is 2.82. The van der Waals surface area contributed by atoms with Crippen LogP contribution in [0.2, 0.25) is 0 Å². The Morgan fingerprint density at radius 1 is 1.17 bits per heavy atom. The summed E-state index contributed by atoms with van der Waals surface area (Å²) in [5.41, 5.74) is 1.42. The molecule has 0 saturated carbocycles. The summed E-state index contributed by atoms with van der Waals surface area (Å²) in [6.07, 6.45) is 0. The molecule has 1 aliphatic rings. The summed E-state index contributed by atoms with van der Waals surface area (Å²) in [7, 11) is 1.69. The van der Waals surface area contributed by atoms with Gasteiger partial charge in [-0.25, -0.2) is 4.40 Å². The van der Waals surface area contributed by atoms with Gasteiger partial charge in [-0.2, -0.15) is 0 Å². The summed E-state index contributed by atoms with van der Waals surface area (Å²) < 4.78 is 5.24. The lowest BCUT2D eigenvalue weighted by atomic mass is 10.2. The van der Waals surface area contributed by atoms with E-state index in [9.17, 15) is 0 Å². The molecular weight excluding hydrogens is 402 g/mol. The molecule has 64 valence electrons. The van der Waals surface area contributed by atoms with E-state index in [1.165, 1.54) is 0 Å². The molecule has 0 aromatic carbocycles. The van der Waals surface area contributed by atoms with E-state index in [4.69, 9.17) is 0 Å². The van der Waals surface area contributed by atoms with Crippen molar-refractivity contribution in [3.63, 3.8) is 0 Å². The highest BCUT2D eigenvalue weighted by atomic mass is 127. The smallest absolute Gasteiger partial charge is 0.152 e. The normalized spacial score (nSPS) is 24.3. The topological polar surface area (TPSA) is 49.4 Å². The van der Waals surface area contributed by atoms with Gasteiger partial charge in [0.05, 0.1) is 0 Å². The fourth-order valence-corrected chi connectivity index (χ4v) is 2.13. The van der Waals surface area contributed by atoms with Crippen LogP contribution in [0.25, 0.3) is 0 Å². The Hall–Kier alpha value is 0.490. The summed E-state index contributed by atoms with van der Waals surface area (Å²) >= 11 is 7.95. The minimum Gasteiger partial charge on any atom is -0.284 e. The molecule has 0 atom stereocenters. The predicted octanol–water partition coefficient (Wildman–Crippen LogP) is 1.94. The molecule has 0 aromatic heterocycles. The Morgan fingerprint density at radius 2 is 1.67 bits per heavy atom. The number of rotatable bonds is 0. The Bertz CT molecular complexity index is 285. The van der Waals surface area contributed by atoms with Crippen molar-refractivity contribution in [2.75, 3.05) is 7.05 Å². The van der Waals surface area contributed by atoms with Crippen molar-refractivity contribution in [1.29, 1.82) is 0 Å². The largest absolute Gasteiger partial charge is 0.284 e. The van der Waals surface area contributed by atoms with E-state index in [0.29, 0.717) is 9.43 Å². The molecule has 0 unspecified atom stereocenters. The minimum absolute atomic E-state index is 0.681. The summed E-state index contributed by atoms with van der Waals surface area (Å²) in [5, 5.41) is 7.78. The van der Waals surface area contributed by atoms with Gasteiger partial charge in [-0.1, -0.05) is 0 Å². The molecule has 1 aliphatic heterocycles. The SMILES string of the molecule is C/N=C1/C(I)=NN=C(I)/C1=N/S. The molecular formula is C5H4I2N4S. The van der Waals surface area contributed by atoms with Gasteiger partial charge in [0.2, 0.25) is 0 Å². The standard InChI is InChI=1S/C5H4I2N4S/c1-8-2-3(11-12)5(7)10-9-4(2)6/h12H,1H3/b8-2+,11-3+. The van der Waals surface area contributed by atoms with E-state index >= 15 is 0 Å². The van der Waals surface area contributed by atoms with Gasteiger partial charge in [-0.15, -0.1) is 10.2 Å². The van der Waals surface area contributed by atoms with Gasteiger partial charge in [-0.3, -0.25) is 4.99 Å². The van der Waals surface area contributed by atoms with E-state index in [-0.39, 0.29) is 0 Å². The maximum atomic E-state index is 4.04. The summed E-state index contributed by atoms with van der Waals surface area (Å²) in [6, 6.07) is 0. The highest BCUT2D eigenvalue weighted by Crippen LogP contribution is 2.10. The second kappa shape index (κ2) is 4.65. The molecule has 12 heavy (non-hydrogen) atoms. The van der Waals surface area contributed by atoms with E-state index in [2.05, 4.69) is 55.0 Å². The van der Waals surface area contributed by atoms with Crippen molar-refractivity contribution < 1.29 is 0 Å². The van der Waals surface area contributed by atoms with Crippen LogP contribution < -0.4 is 0 Å². The van der Waals surface area contributed by atoms with Crippen molar-refractivity contribution >= 4 is 76.9 Å². The highest BCUT2D eigenvalue weighted by Gasteiger charge is 2.20. The first-order valence-corrected chi connectivity index (χ1v) is 5.43. The Labute approximate surface area is 103 Å². The van der Waals surface area contributed by atoms with E-state index < -0.39 is 0 Å². The Balaban J connectivity index is 3.20. The van der Waals surface area contributed by atoms with Crippen LogP contribution in [0.5, 0.6) is 0 Å². The molecule has 0 saturated heterocycles. The number of halogens is 2. The van der Waals surface area contributed by atoms with Crippen molar-refractivity contribution in [2.45, 2.75) is 0 Å². The molecule has 0 radical (unpaired) electrons. The summed E-state index contributed by atoms with van der Waals surface area (Å²) in [4.78, 5) is 4.04. The van der Waals surface area contributed by atoms with E-state index in [1.54, 1.807) is 7.05 Å². The van der Waals surface area contributed by atoms with E-state index in [0.717, 1.165) is 9.43 Å². The Kier molecular flexibility index (Phi) is 4.10. The fourth-order valence-electron chi connectivity index (χ4n) is 0.665. The highest BCUT2D eigenvalue weighted by molar-refractivity contribution is 14.1. The molecule has 0 spiro atoms. The van der Waals surface area contributed by atoms with Crippen LogP contribution in [0.3, 0.4) is 0 Å². The maximum Gasteiger partial charge on any atom is 0.152 e. The molecule has 1 rings (SSSR count). The molecule has 0 fully saturated rings. The Morgan fingerprint density at radius 3 is 2.00 bits per heavy atom. The lowest BCUT2D eigenvalue weighted by Gasteiger charge is -2.07. The lowest BCUT2D eigenvalue weighted by molar-refractivity contribution is 1.27. The van der Waals surface area contributed by atoms with Crippen LogP contribution >= 0.6 is 58.0 Å². The number of aliphatic imine (C=N–C) groups is 1. The summed E-state index contributed by atoms with van der Waals surface area (Å²) in [5.74, 6) is 0. The molecule has 1 heterocycles. The molecule has 7 heteroatoms. The second-order valence-electron chi connectivity index (χ2n) is 1.80. The number of hydrogen-bond acceptors (Lipinski definition) is 5. The van der Waals surface area contributed by atoms with Crippen LogP contribution in [-0.2, 0) is 0 Å². The monoisotopic (exact) mass is 406 g/mol. The number of hydrogen-bond donors (Lipinski definition) is 1. The first-order chi connectivity index (χ1) is 5.70. The number of thiol groups is 1.